The van der Waals surface area contributed by atoms with E-state index in [1.807, 2.05) is 18.2 Å². The fourth-order valence-corrected chi connectivity index (χ4v) is 1.61. The van der Waals surface area contributed by atoms with Gasteiger partial charge in [0.15, 0.2) is 0 Å². The Morgan fingerprint density at radius 3 is 2.79 bits per heavy atom. The van der Waals surface area contributed by atoms with Crippen molar-refractivity contribution in [2.45, 2.75) is 0 Å². The number of terminal acetylenes is 1. The molecule has 1 fully saturated rings. The summed E-state index contributed by atoms with van der Waals surface area (Å²) in [5.41, 5.74) is 2.14. The summed E-state index contributed by atoms with van der Waals surface area (Å²) < 4.78 is 5.30. The standard InChI is InChI=1S/C12H13NO/c1-2-11-4-3-5-12(10-11)13-6-8-14-9-7-13/h1,3-5,10H,6-9H2. The molecular formula is C12H13NO. The summed E-state index contributed by atoms with van der Waals surface area (Å²) >= 11 is 0. The van der Waals surface area contributed by atoms with Crippen LogP contribution in [0.2, 0.25) is 0 Å². The maximum Gasteiger partial charge on any atom is 0.0642 e. The molecule has 1 saturated heterocycles. The first-order valence-corrected chi connectivity index (χ1v) is 4.79. The number of hydrogen-bond donors (Lipinski definition) is 0. The molecule has 0 atom stereocenters. The number of ether oxygens (including phenoxy) is 1. The van der Waals surface area contributed by atoms with Gasteiger partial charge >= 0.3 is 0 Å². The zero-order chi connectivity index (χ0) is 9.80. The van der Waals surface area contributed by atoms with Crippen LogP contribution < -0.4 is 4.90 Å². The van der Waals surface area contributed by atoms with Gasteiger partial charge in [-0.3, -0.25) is 0 Å². The molecule has 0 unspecified atom stereocenters. The third-order valence-corrected chi connectivity index (χ3v) is 2.39. The Labute approximate surface area is 84.5 Å². The van der Waals surface area contributed by atoms with Crippen LogP contribution in [-0.4, -0.2) is 26.3 Å². The number of hydrogen-bond acceptors (Lipinski definition) is 2. The number of benzene rings is 1. The molecule has 0 radical (unpaired) electrons. The van der Waals surface area contributed by atoms with Crippen LogP contribution in [0.3, 0.4) is 0 Å². The van der Waals surface area contributed by atoms with Crippen LogP contribution >= 0.6 is 0 Å². The van der Waals surface area contributed by atoms with Crippen LogP contribution in [0, 0.1) is 12.3 Å². The van der Waals surface area contributed by atoms with E-state index in [-0.39, 0.29) is 0 Å². The van der Waals surface area contributed by atoms with Crippen LogP contribution in [0.1, 0.15) is 5.56 Å². The van der Waals surface area contributed by atoms with Crippen LogP contribution in [0.4, 0.5) is 5.69 Å². The van der Waals surface area contributed by atoms with Crippen LogP contribution in [-0.2, 0) is 4.74 Å². The fraction of sp³-hybridized carbons (Fsp3) is 0.333. The van der Waals surface area contributed by atoms with Gasteiger partial charge in [0.2, 0.25) is 0 Å². The van der Waals surface area contributed by atoms with E-state index in [0.717, 1.165) is 31.9 Å². The third kappa shape index (κ3) is 1.89. The lowest BCUT2D eigenvalue weighted by Gasteiger charge is -2.28. The number of nitrogens with zero attached hydrogens (tertiary/aromatic N) is 1. The highest BCUT2D eigenvalue weighted by Gasteiger charge is 2.10. The maximum absolute atomic E-state index is 5.36. The van der Waals surface area contributed by atoms with Crippen molar-refractivity contribution in [2.75, 3.05) is 31.2 Å². The molecule has 2 nitrogen and oxygen atoms in total. The Morgan fingerprint density at radius 1 is 1.29 bits per heavy atom. The highest BCUT2D eigenvalue weighted by atomic mass is 16.5. The van der Waals surface area contributed by atoms with Crippen molar-refractivity contribution in [3.63, 3.8) is 0 Å². The fourth-order valence-electron chi connectivity index (χ4n) is 1.61. The third-order valence-electron chi connectivity index (χ3n) is 2.39. The normalized spacial score (nSPS) is 16.4. The molecule has 0 aliphatic carbocycles. The lowest BCUT2D eigenvalue weighted by Crippen LogP contribution is -2.36. The van der Waals surface area contributed by atoms with Gasteiger partial charge in [-0.2, -0.15) is 0 Å². The topological polar surface area (TPSA) is 12.5 Å². The summed E-state index contributed by atoms with van der Waals surface area (Å²) in [7, 11) is 0. The predicted molar refractivity (Wildman–Crippen MR) is 57.4 cm³/mol. The average Bonchev–Trinajstić information content (AvgIpc) is 2.30. The van der Waals surface area contributed by atoms with Gasteiger partial charge in [-0.15, -0.1) is 6.42 Å². The second-order valence-corrected chi connectivity index (χ2v) is 3.29. The molecule has 0 N–H and O–H groups in total. The molecule has 1 aliphatic rings. The molecule has 0 aromatic heterocycles. The lowest BCUT2D eigenvalue weighted by atomic mass is 10.2. The molecule has 2 heteroatoms. The predicted octanol–water partition coefficient (Wildman–Crippen LogP) is 1.50. The van der Waals surface area contributed by atoms with Gasteiger partial charge in [0.05, 0.1) is 13.2 Å². The summed E-state index contributed by atoms with van der Waals surface area (Å²) in [6, 6.07) is 8.08. The highest BCUT2D eigenvalue weighted by molar-refractivity contribution is 5.52. The minimum Gasteiger partial charge on any atom is -0.378 e. The van der Waals surface area contributed by atoms with Crippen LogP contribution in [0.25, 0.3) is 0 Å². The Bertz CT molecular complexity index is 348. The largest absolute Gasteiger partial charge is 0.378 e. The van der Waals surface area contributed by atoms with Crippen molar-refractivity contribution in [1.29, 1.82) is 0 Å². The molecule has 2 rings (SSSR count). The molecule has 0 amide bonds. The van der Waals surface area contributed by atoms with Crippen LogP contribution in [0.15, 0.2) is 24.3 Å². The Hall–Kier alpha value is -1.46. The second kappa shape index (κ2) is 4.17. The molecule has 1 aliphatic heterocycles. The molecule has 0 spiro atoms. The van der Waals surface area contributed by atoms with Crippen LogP contribution in [0.5, 0.6) is 0 Å². The molecule has 0 bridgehead atoms. The van der Waals surface area contributed by atoms with Crippen molar-refractivity contribution in [3.8, 4) is 12.3 Å². The summed E-state index contributed by atoms with van der Waals surface area (Å²) in [4.78, 5) is 2.30. The molecule has 1 aromatic rings. The van der Waals surface area contributed by atoms with E-state index in [9.17, 15) is 0 Å². The number of morpholine rings is 1. The van der Waals surface area contributed by atoms with Gasteiger partial charge in [0, 0.05) is 24.3 Å². The number of anilines is 1. The zero-order valence-corrected chi connectivity index (χ0v) is 8.07. The molecule has 1 aromatic carbocycles. The first-order chi connectivity index (χ1) is 6.90. The Morgan fingerprint density at radius 2 is 2.07 bits per heavy atom. The van der Waals surface area contributed by atoms with Gasteiger partial charge in [-0.05, 0) is 18.2 Å². The minimum atomic E-state index is 0.806. The highest BCUT2D eigenvalue weighted by Crippen LogP contribution is 2.16. The van der Waals surface area contributed by atoms with E-state index in [0.29, 0.717) is 0 Å². The first-order valence-electron chi connectivity index (χ1n) is 4.79. The van der Waals surface area contributed by atoms with Gasteiger partial charge in [0.1, 0.15) is 0 Å². The van der Waals surface area contributed by atoms with Gasteiger partial charge in [0.25, 0.3) is 0 Å². The Balaban J connectivity index is 2.18. The minimum absolute atomic E-state index is 0.806. The first kappa shape index (κ1) is 9.11. The zero-order valence-electron chi connectivity index (χ0n) is 8.07. The van der Waals surface area contributed by atoms with E-state index in [1.165, 1.54) is 5.69 Å². The van der Waals surface area contributed by atoms with E-state index >= 15 is 0 Å². The maximum atomic E-state index is 5.36. The van der Waals surface area contributed by atoms with E-state index in [4.69, 9.17) is 11.2 Å². The summed E-state index contributed by atoms with van der Waals surface area (Å²) in [6.45, 7) is 3.52. The Kier molecular flexibility index (Phi) is 2.71. The lowest BCUT2D eigenvalue weighted by molar-refractivity contribution is 0.122. The smallest absolute Gasteiger partial charge is 0.0642 e. The SMILES string of the molecule is C#Cc1cccc(N2CCOCC2)c1. The molecular weight excluding hydrogens is 174 g/mol. The van der Waals surface area contributed by atoms with Crippen molar-refractivity contribution in [3.05, 3.63) is 29.8 Å². The molecule has 72 valence electrons. The van der Waals surface area contributed by atoms with Crippen molar-refractivity contribution in [2.24, 2.45) is 0 Å². The summed E-state index contributed by atoms with van der Waals surface area (Å²) in [6.07, 6.45) is 5.36. The van der Waals surface area contributed by atoms with Gasteiger partial charge < -0.3 is 9.64 Å². The molecule has 14 heavy (non-hydrogen) atoms. The van der Waals surface area contributed by atoms with Crippen molar-refractivity contribution >= 4 is 5.69 Å². The summed E-state index contributed by atoms with van der Waals surface area (Å²) in [5, 5.41) is 0. The second-order valence-electron chi connectivity index (χ2n) is 3.29. The van der Waals surface area contributed by atoms with Gasteiger partial charge in [-0.25, -0.2) is 0 Å². The van der Waals surface area contributed by atoms with E-state index in [2.05, 4.69) is 16.9 Å². The molecule has 0 saturated carbocycles. The number of rotatable bonds is 1. The molecule has 1 heterocycles. The van der Waals surface area contributed by atoms with Crippen molar-refractivity contribution in [1.82, 2.24) is 0 Å². The quantitative estimate of drug-likeness (QED) is 0.618. The van der Waals surface area contributed by atoms with E-state index < -0.39 is 0 Å². The summed E-state index contributed by atoms with van der Waals surface area (Å²) in [5.74, 6) is 2.65. The van der Waals surface area contributed by atoms with Crippen molar-refractivity contribution < 1.29 is 4.74 Å². The van der Waals surface area contributed by atoms with E-state index in [1.54, 1.807) is 0 Å². The average molecular weight is 187 g/mol. The monoisotopic (exact) mass is 187 g/mol. The van der Waals surface area contributed by atoms with Gasteiger partial charge in [-0.1, -0.05) is 12.0 Å².